The zero-order valence-electron chi connectivity index (χ0n) is 19.9. The van der Waals surface area contributed by atoms with Crippen LogP contribution in [0.1, 0.15) is 51.4 Å². The van der Waals surface area contributed by atoms with Crippen LogP contribution < -0.4 is 10.2 Å². The fourth-order valence-corrected chi connectivity index (χ4v) is 5.28. The average molecular weight is 482 g/mol. The first-order chi connectivity index (χ1) is 17.1. The van der Waals surface area contributed by atoms with Crippen LogP contribution in [-0.4, -0.2) is 59.2 Å². The summed E-state index contributed by atoms with van der Waals surface area (Å²) in [6, 6.07) is 7.22. The van der Waals surface area contributed by atoms with Gasteiger partial charge in [-0.1, -0.05) is 31.4 Å². The molecule has 2 amide bonds. The van der Waals surface area contributed by atoms with Gasteiger partial charge in [-0.3, -0.25) is 9.69 Å². The number of piperidine rings is 1. The van der Waals surface area contributed by atoms with E-state index in [1.165, 1.54) is 12.6 Å². The van der Waals surface area contributed by atoms with E-state index in [0.29, 0.717) is 36.3 Å². The third kappa shape index (κ3) is 5.39. The average Bonchev–Trinajstić information content (AvgIpc) is 2.91. The Morgan fingerprint density at radius 2 is 1.86 bits per heavy atom. The molecule has 2 saturated heterocycles. The molecule has 3 heterocycles. The van der Waals surface area contributed by atoms with Crippen molar-refractivity contribution in [2.75, 3.05) is 36.5 Å². The summed E-state index contributed by atoms with van der Waals surface area (Å²) in [5, 5.41) is 3.33. The van der Waals surface area contributed by atoms with Gasteiger partial charge in [0.2, 0.25) is 11.9 Å². The van der Waals surface area contributed by atoms with E-state index in [-0.39, 0.29) is 17.7 Å². The van der Waals surface area contributed by atoms with Crippen molar-refractivity contribution >= 4 is 23.6 Å². The molecule has 0 unspecified atom stereocenters. The maximum absolute atomic E-state index is 14.7. The van der Waals surface area contributed by atoms with Gasteiger partial charge in [-0.05, 0) is 44.2 Å². The Balaban J connectivity index is 1.24. The number of hydrogen-bond acceptors (Lipinski definition) is 6. The number of carbonyl (C=O) groups excluding carboxylic acids is 2. The summed E-state index contributed by atoms with van der Waals surface area (Å²) in [6.45, 7) is 2.41. The highest BCUT2D eigenvalue weighted by Gasteiger charge is 2.29. The molecule has 0 bridgehead atoms. The van der Waals surface area contributed by atoms with Gasteiger partial charge in [0.15, 0.2) is 5.82 Å². The largest absolute Gasteiger partial charge is 0.449 e. The van der Waals surface area contributed by atoms with Crippen LogP contribution in [0.2, 0.25) is 0 Å². The van der Waals surface area contributed by atoms with E-state index in [1.54, 1.807) is 29.2 Å². The molecular formula is C26H32FN5O3. The normalized spacial score (nSPS) is 20.0. The van der Waals surface area contributed by atoms with E-state index in [0.717, 1.165) is 58.0 Å². The molecule has 2 aliphatic heterocycles. The molecule has 0 atom stereocenters. The summed E-state index contributed by atoms with van der Waals surface area (Å²) in [6.07, 6.45) is 8.73. The van der Waals surface area contributed by atoms with Crippen molar-refractivity contribution in [2.24, 2.45) is 5.92 Å². The number of rotatable bonds is 5. The Labute approximate surface area is 204 Å². The molecule has 35 heavy (non-hydrogen) atoms. The fraction of sp³-hybridized carbons (Fsp3) is 0.538. The predicted molar refractivity (Wildman–Crippen MR) is 131 cm³/mol. The smallest absolute Gasteiger partial charge is 0.414 e. The lowest BCUT2D eigenvalue weighted by Gasteiger charge is -2.35. The van der Waals surface area contributed by atoms with E-state index in [2.05, 4.69) is 15.3 Å². The molecule has 8 nitrogen and oxygen atoms in total. The topological polar surface area (TPSA) is 87.7 Å². The van der Waals surface area contributed by atoms with Crippen LogP contribution in [0.15, 0.2) is 30.5 Å². The molecule has 5 rings (SSSR count). The van der Waals surface area contributed by atoms with Gasteiger partial charge in [-0.25, -0.2) is 19.2 Å². The second-order valence-corrected chi connectivity index (χ2v) is 9.64. The zero-order valence-corrected chi connectivity index (χ0v) is 19.9. The van der Waals surface area contributed by atoms with Gasteiger partial charge in [-0.2, -0.15) is 0 Å². The number of carbonyl (C=O) groups is 2. The molecule has 1 aromatic carbocycles. The number of ether oxygens (including phenoxy) is 1. The minimum Gasteiger partial charge on any atom is -0.449 e. The molecule has 3 fully saturated rings. The highest BCUT2D eigenvalue weighted by molar-refractivity contribution is 5.89. The monoisotopic (exact) mass is 481 g/mol. The van der Waals surface area contributed by atoms with E-state index in [9.17, 15) is 14.0 Å². The highest BCUT2D eigenvalue weighted by Crippen LogP contribution is 2.29. The molecule has 1 aromatic heterocycles. The predicted octanol–water partition coefficient (Wildman–Crippen LogP) is 4.61. The molecule has 1 saturated carbocycles. The maximum atomic E-state index is 14.7. The number of likely N-dealkylation sites (tertiary alicyclic amines) is 1. The molecule has 1 aliphatic carbocycles. The summed E-state index contributed by atoms with van der Waals surface area (Å²) < 4.78 is 19.8. The Bertz CT molecular complexity index is 1070. The first-order valence-corrected chi connectivity index (χ1v) is 12.7. The van der Waals surface area contributed by atoms with Crippen molar-refractivity contribution in [3.63, 3.8) is 0 Å². The summed E-state index contributed by atoms with van der Waals surface area (Å²) in [5.74, 6) is 0.336. The van der Waals surface area contributed by atoms with Crippen LogP contribution in [0, 0.1) is 11.7 Å². The number of nitrogens with zero attached hydrogens (tertiary/aromatic N) is 4. The van der Waals surface area contributed by atoms with Crippen molar-refractivity contribution in [1.29, 1.82) is 0 Å². The third-order valence-electron chi connectivity index (χ3n) is 7.24. The molecule has 2 aromatic rings. The number of aromatic nitrogens is 2. The van der Waals surface area contributed by atoms with Crippen LogP contribution in [0.4, 0.5) is 20.8 Å². The van der Waals surface area contributed by atoms with E-state index in [1.807, 2.05) is 4.90 Å². The number of benzene rings is 1. The number of nitrogens with one attached hydrogen (secondary N) is 1. The molecule has 9 heteroatoms. The lowest BCUT2D eigenvalue weighted by molar-refractivity contribution is -0.137. The van der Waals surface area contributed by atoms with Crippen molar-refractivity contribution in [3.05, 3.63) is 36.3 Å². The SMILES string of the molecule is O=C(C1CCCCC1)N1CCC(Nc2ncc(F)c(-c3cccc(N4CCCOC4=O)c3)n2)CC1. The quantitative estimate of drug-likeness (QED) is 0.671. The molecular weight excluding hydrogens is 449 g/mol. The van der Waals surface area contributed by atoms with Gasteiger partial charge in [0.1, 0.15) is 5.69 Å². The zero-order chi connectivity index (χ0) is 24.2. The summed E-state index contributed by atoms with van der Waals surface area (Å²) in [5.41, 5.74) is 1.39. The first kappa shape index (κ1) is 23.5. The minimum atomic E-state index is -0.526. The second kappa shape index (κ2) is 10.6. The Kier molecular flexibility index (Phi) is 7.11. The van der Waals surface area contributed by atoms with Gasteiger partial charge in [-0.15, -0.1) is 0 Å². The van der Waals surface area contributed by atoms with Crippen molar-refractivity contribution in [2.45, 2.75) is 57.4 Å². The number of cyclic esters (lactones) is 1. The van der Waals surface area contributed by atoms with Gasteiger partial charge >= 0.3 is 6.09 Å². The Hall–Kier alpha value is -3.23. The van der Waals surface area contributed by atoms with Gasteiger partial charge in [0.25, 0.3) is 0 Å². The fourth-order valence-electron chi connectivity index (χ4n) is 5.28. The van der Waals surface area contributed by atoms with Crippen LogP contribution >= 0.6 is 0 Å². The van der Waals surface area contributed by atoms with E-state index >= 15 is 0 Å². The standard InChI is InChI=1S/C26H32FN5O3/c27-22-17-28-25(29-20-10-13-31(14-11-20)24(33)18-6-2-1-3-7-18)30-23(22)19-8-4-9-21(16-19)32-12-5-15-35-26(32)34/h4,8-9,16-18,20H,1-3,5-7,10-15H2,(H,28,29,30). The maximum Gasteiger partial charge on any atom is 0.414 e. The number of halogens is 1. The van der Waals surface area contributed by atoms with Crippen molar-refractivity contribution in [1.82, 2.24) is 14.9 Å². The van der Waals surface area contributed by atoms with Gasteiger partial charge < -0.3 is 15.0 Å². The number of amides is 2. The molecule has 3 aliphatic rings. The number of anilines is 2. The van der Waals surface area contributed by atoms with Gasteiger partial charge in [0, 0.05) is 42.8 Å². The van der Waals surface area contributed by atoms with Crippen LogP contribution in [-0.2, 0) is 9.53 Å². The Morgan fingerprint density at radius 1 is 1.06 bits per heavy atom. The second-order valence-electron chi connectivity index (χ2n) is 9.64. The van der Waals surface area contributed by atoms with Crippen molar-refractivity contribution < 1.29 is 18.7 Å². The molecule has 1 N–H and O–H groups in total. The summed E-state index contributed by atoms with van der Waals surface area (Å²) >= 11 is 0. The summed E-state index contributed by atoms with van der Waals surface area (Å²) in [4.78, 5) is 37.1. The first-order valence-electron chi connectivity index (χ1n) is 12.7. The van der Waals surface area contributed by atoms with E-state index in [4.69, 9.17) is 4.74 Å². The van der Waals surface area contributed by atoms with Crippen LogP contribution in [0.5, 0.6) is 0 Å². The molecule has 0 spiro atoms. The van der Waals surface area contributed by atoms with Crippen LogP contribution in [0.25, 0.3) is 11.3 Å². The van der Waals surface area contributed by atoms with Crippen LogP contribution in [0.3, 0.4) is 0 Å². The highest BCUT2D eigenvalue weighted by atomic mass is 19.1. The number of hydrogen-bond donors (Lipinski definition) is 1. The van der Waals surface area contributed by atoms with Crippen molar-refractivity contribution in [3.8, 4) is 11.3 Å². The third-order valence-corrected chi connectivity index (χ3v) is 7.24. The van der Waals surface area contributed by atoms with E-state index < -0.39 is 11.9 Å². The summed E-state index contributed by atoms with van der Waals surface area (Å²) in [7, 11) is 0. The van der Waals surface area contributed by atoms with Gasteiger partial charge in [0.05, 0.1) is 12.8 Å². The molecule has 186 valence electrons. The molecule has 0 radical (unpaired) electrons. The lowest BCUT2D eigenvalue weighted by atomic mass is 9.87. The Morgan fingerprint density at radius 3 is 2.63 bits per heavy atom. The minimum absolute atomic E-state index is 0.123. The lowest BCUT2D eigenvalue weighted by Crippen LogP contribution is -2.45.